The molecule has 0 radical (unpaired) electrons. The Morgan fingerprint density at radius 3 is 2.74 bits per heavy atom. The van der Waals surface area contributed by atoms with Crippen molar-refractivity contribution < 1.29 is 20.1 Å². The Bertz CT molecular complexity index is 374. The molecule has 1 saturated carbocycles. The number of hydrogen-bond donors (Lipinski definition) is 3. The highest BCUT2D eigenvalue weighted by Crippen LogP contribution is 2.46. The molecule has 0 spiro atoms. The van der Waals surface area contributed by atoms with Gasteiger partial charge in [-0.1, -0.05) is 19.1 Å². The maximum absolute atomic E-state index is 12.2. The molecule has 1 fully saturated rings. The minimum Gasteiger partial charge on any atom is -0.396 e. The number of carbonyl (C=O) groups excluding carboxylic acids is 1. The van der Waals surface area contributed by atoms with Gasteiger partial charge in [0.1, 0.15) is 5.78 Å². The normalized spacial score (nSPS) is 45.8. The highest BCUT2D eigenvalue weighted by atomic mass is 16.3. The third kappa shape index (κ3) is 2.62. The van der Waals surface area contributed by atoms with Gasteiger partial charge in [0.2, 0.25) is 0 Å². The average molecular weight is 268 g/mol. The molecule has 0 saturated heterocycles. The molecule has 0 heterocycles. The molecule has 2 aliphatic rings. The van der Waals surface area contributed by atoms with E-state index in [9.17, 15) is 15.0 Å². The second kappa shape index (κ2) is 5.35. The van der Waals surface area contributed by atoms with E-state index in [4.69, 9.17) is 5.11 Å². The van der Waals surface area contributed by atoms with Crippen LogP contribution in [0.25, 0.3) is 0 Å². The van der Waals surface area contributed by atoms with Crippen molar-refractivity contribution in [2.24, 2.45) is 23.7 Å². The fourth-order valence-electron chi connectivity index (χ4n) is 3.77. The number of ketones is 1. The molecule has 0 aromatic rings. The highest BCUT2D eigenvalue weighted by molar-refractivity contribution is 5.83. The number of rotatable bonds is 3. The molecule has 2 rings (SSSR count). The summed E-state index contributed by atoms with van der Waals surface area (Å²) in [5.74, 6) is -0.477. The van der Waals surface area contributed by atoms with Gasteiger partial charge in [-0.15, -0.1) is 0 Å². The van der Waals surface area contributed by atoms with Crippen LogP contribution in [0.4, 0.5) is 0 Å². The first-order chi connectivity index (χ1) is 8.88. The Labute approximate surface area is 114 Å². The lowest BCUT2D eigenvalue weighted by Crippen LogP contribution is -2.52. The molecule has 108 valence electrons. The van der Waals surface area contributed by atoms with Crippen molar-refractivity contribution in [3.05, 3.63) is 12.2 Å². The van der Waals surface area contributed by atoms with Crippen LogP contribution < -0.4 is 0 Å². The van der Waals surface area contributed by atoms with E-state index in [-0.39, 0.29) is 36.6 Å². The lowest BCUT2D eigenvalue weighted by Gasteiger charge is -2.48. The zero-order valence-electron chi connectivity index (χ0n) is 11.6. The molecule has 0 unspecified atom stereocenters. The van der Waals surface area contributed by atoms with Gasteiger partial charge in [0.05, 0.1) is 17.6 Å². The number of aliphatic hydroxyl groups excluding tert-OH is 2. The van der Waals surface area contributed by atoms with Crippen LogP contribution in [-0.4, -0.2) is 39.4 Å². The van der Waals surface area contributed by atoms with Crippen molar-refractivity contribution >= 4 is 5.78 Å². The molecule has 6 atom stereocenters. The molecular weight excluding hydrogens is 244 g/mol. The summed E-state index contributed by atoms with van der Waals surface area (Å²) in [6.45, 7) is 3.47. The van der Waals surface area contributed by atoms with E-state index >= 15 is 0 Å². The van der Waals surface area contributed by atoms with Gasteiger partial charge in [0.25, 0.3) is 0 Å². The van der Waals surface area contributed by atoms with Crippen LogP contribution in [0.3, 0.4) is 0 Å². The molecule has 3 N–H and O–H groups in total. The lowest BCUT2D eigenvalue weighted by molar-refractivity contribution is -0.139. The average Bonchev–Trinajstić information content (AvgIpc) is 2.33. The predicted molar refractivity (Wildman–Crippen MR) is 71.3 cm³/mol. The highest BCUT2D eigenvalue weighted by Gasteiger charge is 2.50. The molecule has 0 bridgehead atoms. The van der Waals surface area contributed by atoms with E-state index < -0.39 is 17.6 Å². The lowest BCUT2D eigenvalue weighted by atomic mass is 9.59. The van der Waals surface area contributed by atoms with Crippen LogP contribution in [0.5, 0.6) is 0 Å². The van der Waals surface area contributed by atoms with Crippen molar-refractivity contribution in [3.8, 4) is 0 Å². The number of Topliss-reactive ketones (excluding diaryl/α,β-unsaturated/α-hetero) is 1. The van der Waals surface area contributed by atoms with Gasteiger partial charge >= 0.3 is 0 Å². The zero-order chi connectivity index (χ0) is 14.2. The summed E-state index contributed by atoms with van der Waals surface area (Å²) in [5.41, 5.74) is -1.17. The Balaban J connectivity index is 2.30. The molecular formula is C15H24O4. The summed E-state index contributed by atoms with van der Waals surface area (Å²) in [6, 6.07) is 0. The topological polar surface area (TPSA) is 77.8 Å². The van der Waals surface area contributed by atoms with Crippen molar-refractivity contribution in [2.75, 3.05) is 6.61 Å². The molecule has 4 nitrogen and oxygen atoms in total. The van der Waals surface area contributed by atoms with E-state index in [1.807, 2.05) is 13.0 Å². The number of aliphatic hydroxyl groups is 3. The fraction of sp³-hybridized carbons (Fsp3) is 0.800. The second-order valence-electron chi connectivity index (χ2n) is 6.29. The van der Waals surface area contributed by atoms with Gasteiger partial charge in [-0.25, -0.2) is 0 Å². The summed E-state index contributed by atoms with van der Waals surface area (Å²) in [4.78, 5) is 12.2. The van der Waals surface area contributed by atoms with Gasteiger partial charge in [-0.05, 0) is 31.6 Å². The maximum Gasteiger partial charge on any atom is 0.141 e. The Hall–Kier alpha value is -0.710. The first-order valence-corrected chi connectivity index (χ1v) is 7.12. The monoisotopic (exact) mass is 268 g/mol. The van der Waals surface area contributed by atoms with Crippen molar-refractivity contribution in [1.29, 1.82) is 0 Å². The van der Waals surface area contributed by atoms with E-state index in [0.29, 0.717) is 0 Å². The number of hydrogen-bond acceptors (Lipinski definition) is 4. The quantitative estimate of drug-likeness (QED) is 0.665. The van der Waals surface area contributed by atoms with Crippen LogP contribution in [0.2, 0.25) is 0 Å². The smallest absolute Gasteiger partial charge is 0.141 e. The second-order valence-corrected chi connectivity index (χ2v) is 6.29. The van der Waals surface area contributed by atoms with Gasteiger partial charge in [-0.3, -0.25) is 4.79 Å². The molecule has 0 amide bonds. The third-order valence-electron chi connectivity index (χ3n) is 4.85. The Morgan fingerprint density at radius 1 is 1.42 bits per heavy atom. The predicted octanol–water partition coefficient (Wildman–Crippen LogP) is 0.898. The largest absolute Gasteiger partial charge is 0.396 e. The van der Waals surface area contributed by atoms with Crippen LogP contribution in [-0.2, 0) is 4.79 Å². The Kier molecular flexibility index (Phi) is 4.14. The first kappa shape index (κ1) is 14.7. The summed E-state index contributed by atoms with van der Waals surface area (Å²) < 4.78 is 0. The van der Waals surface area contributed by atoms with Gasteiger partial charge < -0.3 is 15.3 Å². The molecule has 0 aromatic carbocycles. The van der Waals surface area contributed by atoms with Gasteiger partial charge in [0, 0.05) is 18.9 Å². The molecule has 0 aromatic heterocycles. The van der Waals surface area contributed by atoms with Crippen molar-refractivity contribution in [1.82, 2.24) is 0 Å². The standard InChI is InChI=1S/C15H24O4/c1-9-3-4-10-11(14(9)18)5-7-15(2,19)13(10)12(17)6-8-16/h5,7,9-11,13-14,16,18-19H,3-4,6,8H2,1-2H3/t9-,10-,11+,13-,14+,15+/m0/s1. The minimum atomic E-state index is -1.17. The Morgan fingerprint density at radius 2 is 2.11 bits per heavy atom. The maximum atomic E-state index is 12.2. The first-order valence-electron chi connectivity index (χ1n) is 7.12. The van der Waals surface area contributed by atoms with Crippen LogP contribution >= 0.6 is 0 Å². The van der Waals surface area contributed by atoms with E-state index in [1.165, 1.54) is 0 Å². The van der Waals surface area contributed by atoms with Crippen LogP contribution in [0.15, 0.2) is 12.2 Å². The molecule has 2 aliphatic carbocycles. The van der Waals surface area contributed by atoms with E-state index in [2.05, 4.69) is 0 Å². The minimum absolute atomic E-state index is 0.0229. The van der Waals surface area contributed by atoms with Crippen molar-refractivity contribution in [3.63, 3.8) is 0 Å². The van der Waals surface area contributed by atoms with E-state index in [1.54, 1.807) is 13.0 Å². The summed E-state index contributed by atoms with van der Waals surface area (Å²) in [5, 5.41) is 29.7. The number of fused-ring (bicyclic) bond motifs is 1. The van der Waals surface area contributed by atoms with Gasteiger partial charge in [-0.2, -0.15) is 0 Å². The zero-order valence-corrected chi connectivity index (χ0v) is 11.6. The molecule has 19 heavy (non-hydrogen) atoms. The summed E-state index contributed by atoms with van der Waals surface area (Å²) in [7, 11) is 0. The fourth-order valence-corrected chi connectivity index (χ4v) is 3.77. The SMILES string of the molecule is C[C@H]1CC[C@H]2[C@@H](C=C[C@@](C)(O)[C@@H]2C(=O)CCO)[C@@H]1O. The van der Waals surface area contributed by atoms with E-state index in [0.717, 1.165) is 12.8 Å². The van der Waals surface area contributed by atoms with Crippen molar-refractivity contribution in [2.45, 2.75) is 44.8 Å². The molecule has 0 aliphatic heterocycles. The number of carbonyl (C=O) groups is 1. The summed E-state index contributed by atoms with van der Waals surface area (Å²) >= 11 is 0. The van der Waals surface area contributed by atoms with Crippen LogP contribution in [0, 0.1) is 23.7 Å². The van der Waals surface area contributed by atoms with Crippen LogP contribution in [0.1, 0.15) is 33.1 Å². The van der Waals surface area contributed by atoms with Gasteiger partial charge in [0.15, 0.2) is 0 Å². The summed E-state index contributed by atoms with van der Waals surface area (Å²) in [6.07, 6.45) is 4.85. The third-order valence-corrected chi connectivity index (χ3v) is 4.85. The molecule has 4 heteroatoms.